The van der Waals surface area contributed by atoms with Crippen LogP contribution < -0.4 is 5.32 Å². The molecule has 0 spiro atoms. The molecule has 2 aromatic carbocycles. The molecule has 2 atom stereocenters. The van der Waals surface area contributed by atoms with E-state index in [1.54, 1.807) is 0 Å². The van der Waals surface area contributed by atoms with Gasteiger partial charge in [0.25, 0.3) is 0 Å². The fraction of sp³-hybridized carbons (Fsp3) is 0.444. The number of carboxylic acids is 1. The predicted octanol–water partition coefficient (Wildman–Crippen LogP) is 3.64. The van der Waals surface area contributed by atoms with Gasteiger partial charge in [0, 0.05) is 37.5 Å². The van der Waals surface area contributed by atoms with Crippen LogP contribution in [-0.4, -0.2) is 66.9 Å². The Morgan fingerprint density at radius 3 is 2.37 bits per heavy atom. The Hall–Kier alpha value is -3.39. The lowest BCUT2D eigenvalue weighted by Crippen LogP contribution is -2.48. The molecule has 4 rings (SSSR count). The van der Waals surface area contributed by atoms with Gasteiger partial charge in [0.15, 0.2) is 0 Å². The summed E-state index contributed by atoms with van der Waals surface area (Å²) < 4.78 is 11.2. The number of hydrogen-bond acceptors (Lipinski definition) is 5. The lowest BCUT2D eigenvalue weighted by Gasteiger charge is -2.33. The second kappa shape index (κ2) is 11.4. The molecule has 2 amide bonds. The van der Waals surface area contributed by atoms with E-state index < -0.39 is 12.1 Å². The molecule has 1 fully saturated rings. The van der Waals surface area contributed by atoms with Gasteiger partial charge in [0.2, 0.25) is 5.91 Å². The van der Waals surface area contributed by atoms with Crippen molar-refractivity contribution in [3.63, 3.8) is 0 Å². The Balaban J connectivity index is 1.36. The lowest BCUT2D eigenvalue weighted by molar-refractivity contribution is -0.145. The fourth-order valence-electron chi connectivity index (χ4n) is 5.06. The maximum atomic E-state index is 12.8. The zero-order valence-electron chi connectivity index (χ0n) is 19.9. The standard InChI is InChI=1S/C27H32N2O6/c1-2-12-29(15-26(31)32)25(30)14-18-16-34-13-11-24(18)28-27(33)35-17-23-21-9-5-3-7-19(21)20-8-4-6-10-22(20)23/h3-10,18,23-24H,2,11-17H2,1H3,(H,28,33)(H,31,32). The third kappa shape index (κ3) is 5.82. The highest BCUT2D eigenvalue weighted by Crippen LogP contribution is 2.44. The number of alkyl carbamates (subject to hydrolysis) is 1. The van der Waals surface area contributed by atoms with E-state index in [1.165, 1.54) is 4.90 Å². The quantitative estimate of drug-likeness (QED) is 0.568. The minimum Gasteiger partial charge on any atom is -0.480 e. The molecule has 2 unspecified atom stereocenters. The number of ether oxygens (including phenoxy) is 2. The van der Waals surface area contributed by atoms with Crippen molar-refractivity contribution in [2.75, 3.05) is 32.9 Å². The van der Waals surface area contributed by atoms with Crippen LogP contribution in [0, 0.1) is 5.92 Å². The van der Waals surface area contributed by atoms with Crippen LogP contribution in [0.5, 0.6) is 0 Å². The number of amides is 2. The van der Waals surface area contributed by atoms with Crippen LogP contribution in [0.3, 0.4) is 0 Å². The van der Waals surface area contributed by atoms with Gasteiger partial charge in [-0.15, -0.1) is 0 Å². The Morgan fingerprint density at radius 1 is 1.09 bits per heavy atom. The molecule has 2 aromatic rings. The molecule has 8 nitrogen and oxygen atoms in total. The Labute approximate surface area is 205 Å². The molecule has 0 radical (unpaired) electrons. The molecule has 8 heteroatoms. The van der Waals surface area contributed by atoms with Crippen LogP contribution in [0.15, 0.2) is 48.5 Å². The first-order chi connectivity index (χ1) is 17.0. The zero-order chi connectivity index (χ0) is 24.8. The summed E-state index contributed by atoms with van der Waals surface area (Å²) in [6, 6.07) is 16.0. The molecule has 1 saturated heterocycles. The molecule has 0 saturated carbocycles. The van der Waals surface area contributed by atoms with Crippen molar-refractivity contribution >= 4 is 18.0 Å². The van der Waals surface area contributed by atoms with Gasteiger partial charge in [-0.3, -0.25) is 9.59 Å². The molecule has 186 valence electrons. The molecule has 1 aliphatic carbocycles. The van der Waals surface area contributed by atoms with Gasteiger partial charge < -0.3 is 24.8 Å². The van der Waals surface area contributed by atoms with Crippen molar-refractivity contribution in [1.82, 2.24) is 10.2 Å². The maximum Gasteiger partial charge on any atom is 0.407 e. The summed E-state index contributed by atoms with van der Waals surface area (Å²) >= 11 is 0. The van der Waals surface area contributed by atoms with Crippen molar-refractivity contribution in [3.05, 3.63) is 59.7 Å². The average molecular weight is 481 g/mol. The van der Waals surface area contributed by atoms with E-state index in [0.29, 0.717) is 32.6 Å². The number of carbonyl (C=O) groups is 3. The smallest absolute Gasteiger partial charge is 0.407 e. The molecule has 1 aliphatic heterocycles. The predicted molar refractivity (Wildman–Crippen MR) is 130 cm³/mol. The van der Waals surface area contributed by atoms with Crippen LogP contribution in [0.4, 0.5) is 4.79 Å². The van der Waals surface area contributed by atoms with Gasteiger partial charge in [-0.05, 0) is 35.1 Å². The number of carboxylic acid groups (broad SMARTS) is 1. The molecule has 2 aliphatic rings. The van der Waals surface area contributed by atoms with Crippen molar-refractivity contribution < 1.29 is 29.0 Å². The summed E-state index contributed by atoms with van der Waals surface area (Å²) in [7, 11) is 0. The number of carbonyl (C=O) groups excluding carboxylic acids is 2. The largest absolute Gasteiger partial charge is 0.480 e. The van der Waals surface area contributed by atoms with E-state index in [4.69, 9.17) is 14.6 Å². The number of rotatable bonds is 9. The van der Waals surface area contributed by atoms with Gasteiger partial charge in [-0.25, -0.2) is 4.79 Å². The van der Waals surface area contributed by atoms with E-state index in [1.807, 2.05) is 31.2 Å². The first-order valence-electron chi connectivity index (χ1n) is 12.2. The van der Waals surface area contributed by atoms with Crippen molar-refractivity contribution in [2.24, 2.45) is 5.92 Å². The second-order valence-electron chi connectivity index (χ2n) is 9.11. The normalized spacial score (nSPS) is 18.9. The van der Waals surface area contributed by atoms with Crippen LogP contribution in [-0.2, 0) is 19.1 Å². The van der Waals surface area contributed by atoms with E-state index in [2.05, 4.69) is 29.6 Å². The maximum absolute atomic E-state index is 12.8. The van der Waals surface area contributed by atoms with Gasteiger partial charge in [-0.2, -0.15) is 0 Å². The average Bonchev–Trinajstić information content (AvgIpc) is 3.17. The van der Waals surface area contributed by atoms with Crippen LogP contribution >= 0.6 is 0 Å². The monoisotopic (exact) mass is 480 g/mol. The summed E-state index contributed by atoms with van der Waals surface area (Å²) in [5, 5.41) is 12.0. The Kier molecular flexibility index (Phi) is 8.02. The molecule has 35 heavy (non-hydrogen) atoms. The highest BCUT2D eigenvalue weighted by molar-refractivity contribution is 5.82. The minimum atomic E-state index is -1.04. The third-order valence-electron chi connectivity index (χ3n) is 6.73. The van der Waals surface area contributed by atoms with Crippen molar-refractivity contribution in [2.45, 2.75) is 38.1 Å². The summed E-state index contributed by atoms with van der Waals surface area (Å²) in [6.45, 7) is 2.97. The topological polar surface area (TPSA) is 105 Å². The van der Waals surface area contributed by atoms with Gasteiger partial charge in [0.05, 0.1) is 6.61 Å². The first kappa shape index (κ1) is 24.7. The third-order valence-corrected chi connectivity index (χ3v) is 6.73. The highest BCUT2D eigenvalue weighted by atomic mass is 16.5. The van der Waals surface area contributed by atoms with Gasteiger partial charge in [-0.1, -0.05) is 55.5 Å². The SMILES string of the molecule is CCCN(CC(=O)O)C(=O)CC1COCCC1NC(=O)OCC1c2ccccc2-c2ccccc21. The zero-order valence-corrected chi connectivity index (χ0v) is 19.9. The Bertz CT molecular complexity index is 1030. The highest BCUT2D eigenvalue weighted by Gasteiger charge is 2.33. The Morgan fingerprint density at radius 2 is 1.74 bits per heavy atom. The molecule has 0 aromatic heterocycles. The molecule has 2 N–H and O–H groups in total. The van der Waals surface area contributed by atoms with Crippen LogP contribution in [0.2, 0.25) is 0 Å². The van der Waals surface area contributed by atoms with Crippen LogP contribution in [0.1, 0.15) is 43.2 Å². The lowest BCUT2D eigenvalue weighted by atomic mass is 9.92. The van der Waals surface area contributed by atoms with Gasteiger partial charge in [0.1, 0.15) is 13.2 Å². The molecular weight excluding hydrogens is 448 g/mol. The number of aliphatic carboxylic acids is 1. The van der Waals surface area contributed by atoms with Crippen molar-refractivity contribution in [3.8, 4) is 11.1 Å². The van der Waals surface area contributed by atoms with E-state index in [-0.39, 0.29) is 43.4 Å². The van der Waals surface area contributed by atoms with Crippen LogP contribution in [0.25, 0.3) is 11.1 Å². The van der Waals surface area contributed by atoms with Crippen molar-refractivity contribution in [1.29, 1.82) is 0 Å². The number of nitrogens with one attached hydrogen (secondary N) is 1. The molecule has 0 bridgehead atoms. The summed E-state index contributed by atoms with van der Waals surface area (Å²) in [4.78, 5) is 38.0. The summed E-state index contributed by atoms with van der Waals surface area (Å²) in [5.74, 6) is -1.56. The second-order valence-corrected chi connectivity index (χ2v) is 9.11. The van der Waals surface area contributed by atoms with Gasteiger partial charge >= 0.3 is 12.1 Å². The number of fused-ring (bicyclic) bond motifs is 3. The van der Waals surface area contributed by atoms with E-state index in [9.17, 15) is 14.4 Å². The summed E-state index contributed by atoms with van der Waals surface area (Å²) in [5.41, 5.74) is 4.62. The van der Waals surface area contributed by atoms with E-state index in [0.717, 1.165) is 22.3 Å². The van der Waals surface area contributed by atoms with E-state index >= 15 is 0 Å². The number of hydrogen-bond donors (Lipinski definition) is 2. The minimum absolute atomic E-state index is 0.0289. The molecular formula is C27H32N2O6. The number of nitrogens with zero attached hydrogens (tertiary/aromatic N) is 1. The fourth-order valence-corrected chi connectivity index (χ4v) is 5.06. The molecule has 1 heterocycles. The summed E-state index contributed by atoms with van der Waals surface area (Å²) in [6.07, 6.45) is 0.824. The number of benzene rings is 2. The first-order valence-corrected chi connectivity index (χ1v) is 12.2.